The number of benzene rings is 2. The zero-order valence-electron chi connectivity index (χ0n) is 18.2. The first-order valence-electron chi connectivity index (χ1n) is 10.1. The fourth-order valence-corrected chi connectivity index (χ4v) is 3.40. The maximum atomic E-state index is 12.7. The number of ketones is 1. The molecule has 1 aliphatic rings. The van der Waals surface area contributed by atoms with Crippen LogP contribution in [0.3, 0.4) is 0 Å². The lowest BCUT2D eigenvalue weighted by molar-refractivity contribution is 0.0733. The highest BCUT2D eigenvalue weighted by molar-refractivity contribution is 6.14. The van der Waals surface area contributed by atoms with E-state index >= 15 is 0 Å². The van der Waals surface area contributed by atoms with Gasteiger partial charge in [-0.25, -0.2) is 4.79 Å². The summed E-state index contributed by atoms with van der Waals surface area (Å²) < 4.78 is 16.9. The maximum Gasteiger partial charge on any atom is 0.343 e. The first-order chi connectivity index (χ1) is 14.6. The molecule has 0 N–H and O–H groups in total. The molecule has 2 heterocycles. The number of rotatable bonds is 3. The standard InChI is InChI=1S/C26H24O5/c1-15-6-11-19(29-15)14-22-23(27)20-12-13-21(16(2)24(20)30-22)31-25(28)17-7-9-18(10-8-17)26(3,4)5/h6-14H,1-5H3/b22-14-. The van der Waals surface area contributed by atoms with Gasteiger partial charge < -0.3 is 13.9 Å². The van der Waals surface area contributed by atoms with E-state index in [1.54, 1.807) is 43.3 Å². The Morgan fingerprint density at radius 1 is 0.968 bits per heavy atom. The number of furan rings is 1. The van der Waals surface area contributed by atoms with E-state index in [2.05, 4.69) is 20.8 Å². The third kappa shape index (κ3) is 4.04. The van der Waals surface area contributed by atoms with Gasteiger partial charge in [0, 0.05) is 11.6 Å². The summed E-state index contributed by atoms with van der Waals surface area (Å²) >= 11 is 0. The van der Waals surface area contributed by atoms with Gasteiger partial charge in [-0.3, -0.25) is 4.79 Å². The van der Waals surface area contributed by atoms with Crippen LogP contribution in [0.5, 0.6) is 11.5 Å². The summed E-state index contributed by atoms with van der Waals surface area (Å²) in [6.45, 7) is 9.94. The summed E-state index contributed by atoms with van der Waals surface area (Å²) in [4.78, 5) is 25.3. The summed E-state index contributed by atoms with van der Waals surface area (Å²) in [7, 11) is 0. The first kappa shape index (κ1) is 20.7. The van der Waals surface area contributed by atoms with Gasteiger partial charge in [0.1, 0.15) is 23.0 Å². The molecule has 31 heavy (non-hydrogen) atoms. The van der Waals surface area contributed by atoms with Gasteiger partial charge in [0.2, 0.25) is 5.78 Å². The van der Waals surface area contributed by atoms with Crippen molar-refractivity contribution in [2.45, 2.75) is 40.0 Å². The molecule has 158 valence electrons. The molecular formula is C26H24O5. The van der Waals surface area contributed by atoms with E-state index in [0.717, 1.165) is 11.3 Å². The Bertz CT molecular complexity index is 1200. The normalized spacial score (nSPS) is 14.5. The second-order valence-corrected chi connectivity index (χ2v) is 8.67. The highest BCUT2D eigenvalue weighted by Gasteiger charge is 2.31. The van der Waals surface area contributed by atoms with Gasteiger partial charge in [-0.15, -0.1) is 0 Å². The highest BCUT2D eigenvalue weighted by Crippen LogP contribution is 2.39. The van der Waals surface area contributed by atoms with Crippen molar-refractivity contribution in [2.24, 2.45) is 0 Å². The molecule has 0 bridgehead atoms. The minimum atomic E-state index is -0.463. The van der Waals surface area contributed by atoms with E-state index < -0.39 is 5.97 Å². The van der Waals surface area contributed by atoms with Crippen LogP contribution in [-0.4, -0.2) is 11.8 Å². The smallest absolute Gasteiger partial charge is 0.343 e. The Morgan fingerprint density at radius 2 is 1.68 bits per heavy atom. The third-order valence-electron chi connectivity index (χ3n) is 5.26. The summed E-state index contributed by atoms with van der Waals surface area (Å²) in [6, 6.07) is 14.2. The second kappa shape index (κ2) is 7.58. The Hall–Kier alpha value is -3.60. The lowest BCUT2D eigenvalue weighted by Crippen LogP contribution is -2.13. The number of hydrogen-bond acceptors (Lipinski definition) is 5. The van der Waals surface area contributed by atoms with Crippen molar-refractivity contribution in [3.05, 3.63) is 88.1 Å². The van der Waals surface area contributed by atoms with Gasteiger partial charge in [-0.1, -0.05) is 32.9 Å². The SMILES string of the molecule is Cc1ccc(/C=C2\Oc3c(ccc(OC(=O)c4ccc(C(C)(C)C)cc4)c3C)C2=O)o1. The van der Waals surface area contributed by atoms with E-state index in [4.69, 9.17) is 13.9 Å². The van der Waals surface area contributed by atoms with Crippen molar-refractivity contribution < 1.29 is 23.5 Å². The summed E-state index contributed by atoms with van der Waals surface area (Å²) in [5, 5.41) is 0. The Labute approximate surface area is 181 Å². The molecule has 0 saturated carbocycles. The molecule has 0 fully saturated rings. The molecule has 0 radical (unpaired) electrons. The molecule has 4 rings (SSSR count). The number of esters is 1. The average molecular weight is 416 g/mol. The van der Waals surface area contributed by atoms with Gasteiger partial charge in [0.25, 0.3) is 0 Å². The Kier molecular flexibility index (Phi) is 5.05. The molecule has 5 nitrogen and oxygen atoms in total. The summed E-state index contributed by atoms with van der Waals surface area (Å²) in [5.74, 6) is 1.51. The van der Waals surface area contributed by atoms with Crippen molar-refractivity contribution in [1.82, 2.24) is 0 Å². The molecule has 1 aliphatic heterocycles. The number of carbonyl (C=O) groups excluding carboxylic acids is 2. The molecule has 1 aromatic heterocycles. The van der Waals surface area contributed by atoms with Crippen molar-refractivity contribution in [3.8, 4) is 11.5 Å². The average Bonchev–Trinajstić information content (AvgIpc) is 3.27. The number of fused-ring (bicyclic) bond motifs is 1. The Balaban J connectivity index is 1.56. The molecular weight excluding hydrogens is 392 g/mol. The van der Waals surface area contributed by atoms with Crippen LogP contribution < -0.4 is 9.47 Å². The molecule has 2 aromatic carbocycles. The quantitative estimate of drug-likeness (QED) is 0.296. The van der Waals surface area contributed by atoms with E-state index in [9.17, 15) is 9.59 Å². The van der Waals surface area contributed by atoms with Crippen molar-refractivity contribution in [1.29, 1.82) is 0 Å². The molecule has 0 aliphatic carbocycles. The lowest BCUT2D eigenvalue weighted by atomic mass is 9.87. The number of hydrogen-bond donors (Lipinski definition) is 0. The summed E-state index contributed by atoms with van der Waals surface area (Å²) in [6.07, 6.45) is 1.57. The number of aryl methyl sites for hydroxylation is 1. The topological polar surface area (TPSA) is 65.7 Å². The lowest BCUT2D eigenvalue weighted by Gasteiger charge is -2.19. The van der Waals surface area contributed by atoms with Gasteiger partial charge in [0.05, 0.1) is 11.1 Å². The molecule has 0 unspecified atom stereocenters. The molecule has 0 spiro atoms. The van der Waals surface area contributed by atoms with E-state index in [0.29, 0.717) is 33.9 Å². The van der Waals surface area contributed by atoms with Crippen LogP contribution in [0.15, 0.2) is 58.7 Å². The van der Waals surface area contributed by atoms with Crippen LogP contribution in [0.25, 0.3) is 6.08 Å². The van der Waals surface area contributed by atoms with Gasteiger partial charge in [-0.05, 0) is 61.2 Å². The van der Waals surface area contributed by atoms with Crippen molar-refractivity contribution in [3.63, 3.8) is 0 Å². The fourth-order valence-electron chi connectivity index (χ4n) is 3.40. The predicted molar refractivity (Wildman–Crippen MR) is 118 cm³/mol. The van der Waals surface area contributed by atoms with Crippen LogP contribution in [0, 0.1) is 13.8 Å². The van der Waals surface area contributed by atoms with E-state index in [1.807, 2.05) is 25.1 Å². The van der Waals surface area contributed by atoms with Gasteiger partial charge >= 0.3 is 5.97 Å². The van der Waals surface area contributed by atoms with E-state index in [1.165, 1.54) is 0 Å². The van der Waals surface area contributed by atoms with Gasteiger partial charge in [0.15, 0.2) is 5.76 Å². The highest BCUT2D eigenvalue weighted by atomic mass is 16.5. The second-order valence-electron chi connectivity index (χ2n) is 8.67. The minimum absolute atomic E-state index is 0.00243. The predicted octanol–water partition coefficient (Wildman–Crippen LogP) is 6.03. The monoisotopic (exact) mass is 416 g/mol. The van der Waals surface area contributed by atoms with Crippen LogP contribution in [-0.2, 0) is 5.41 Å². The fraction of sp³-hybridized carbons (Fsp3) is 0.231. The zero-order valence-corrected chi connectivity index (χ0v) is 18.2. The third-order valence-corrected chi connectivity index (χ3v) is 5.26. The minimum Gasteiger partial charge on any atom is -0.462 e. The number of carbonyl (C=O) groups is 2. The molecule has 0 amide bonds. The molecule has 3 aromatic rings. The number of ether oxygens (including phenoxy) is 2. The van der Waals surface area contributed by atoms with Crippen molar-refractivity contribution in [2.75, 3.05) is 0 Å². The van der Waals surface area contributed by atoms with E-state index in [-0.39, 0.29) is 17.0 Å². The van der Waals surface area contributed by atoms with Crippen LogP contribution in [0.2, 0.25) is 0 Å². The molecule has 5 heteroatoms. The van der Waals surface area contributed by atoms with Crippen LogP contribution in [0.4, 0.5) is 0 Å². The summed E-state index contributed by atoms with van der Waals surface area (Å²) in [5.41, 5.74) is 2.61. The van der Waals surface area contributed by atoms with Crippen LogP contribution in [0.1, 0.15) is 64.1 Å². The largest absolute Gasteiger partial charge is 0.462 e. The van der Waals surface area contributed by atoms with Gasteiger partial charge in [-0.2, -0.15) is 0 Å². The Morgan fingerprint density at radius 3 is 2.29 bits per heavy atom. The zero-order chi connectivity index (χ0) is 22.3. The first-order valence-corrected chi connectivity index (χ1v) is 10.1. The molecule has 0 saturated heterocycles. The van der Waals surface area contributed by atoms with Crippen molar-refractivity contribution >= 4 is 17.8 Å². The van der Waals surface area contributed by atoms with Crippen LogP contribution >= 0.6 is 0 Å². The number of allylic oxidation sites excluding steroid dienone is 1. The maximum absolute atomic E-state index is 12.7. The number of Topliss-reactive ketones (excluding diaryl/α,β-unsaturated/α-hetero) is 1. The molecule has 0 atom stereocenters.